The standard InChI is InChI=1S/C14H20N2O/c1-4-11(2)9-16-10-12-5-6-13(8-15)14(7-12)17-3/h5-7,11,16H,4,9-10H2,1-3H3. The third-order valence-corrected chi connectivity index (χ3v) is 2.91. The van der Waals surface area contributed by atoms with Crippen molar-refractivity contribution in [3.8, 4) is 11.8 Å². The van der Waals surface area contributed by atoms with Crippen LogP contribution in [0.25, 0.3) is 0 Å². The number of rotatable bonds is 6. The molecular formula is C14H20N2O. The van der Waals surface area contributed by atoms with E-state index in [2.05, 4.69) is 25.2 Å². The Morgan fingerprint density at radius 3 is 2.82 bits per heavy atom. The first-order valence-electron chi connectivity index (χ1n) is 5.99. The van der Waals surface area contributed by atoms with Crippen molar-refractivity contribution >= 4 is 0 Å². The molecule has 1 aromatic rings. The molecule has 92 valence electrons. The molecule has 0 aromatic heterocycles. The number of methoxy groups -OCH3 is 1. The second-order valence-corrected chi connectivity index (χ2v) is 4.29. The van der Waals surface area contributed by atoms with Crippen molar-refractivity contribution < 1.29 is 4.74 Å². The predicted octanol–water partition coefficient (Wildman–Crippen LogP) is 2.70. The van der Waals surface area contributed by atoms with E-state index in [-0.39, 0.29) is 0 Å². The van der Waals surface area contributed by atoms with Crippen molar-refractivity contribution in [1.29, 1.82) is 5.26 Å². The average Bonchev–Trinajstić information content (AvgIpc) is 2.38. The summed E-state index contributed by atoms with van der Waals surface area (Å²) < 4.78 is 5.18. The highest BCUT2D eigenvalue weighted by Gasteiger charge is 2.04. The summed E-state index contributed by atoms with van der Waals surface area (Å²) in [4.78, 5) is 0. The summed E-state index contributed by atoms with van der Waals surface area (Å²) in [6.07, 6.45) is 1.18. The van der Waals surface area contributed by atoms with E-state index in [1.165, 1.54) is 6.42 Å². The normalized spacial score (nSPS) is 11.9. The summed E-state index contributed by atoms with van der Waals surface area (Å²) in [5, 5.41) is 12.3. The van der Waals surface area contributed by atoms with E-state index in [9.17, 15) is 0 Å². The second-order valence-electron chi connectivity index (χ2n) is 4.29. The molecule has 1 N–H and O–H groups in total. The maximum absolute atomic E-state index is 8.88. The molecule has 3 heteroatoms. The summed E-state index contributed by atoms with van der Waals surface area (Å²) in [5.41, 5.74) is 1.72. The molecule has 0 bridgehead atoms. The topological polar surface area (TPSA) is 45.0 Å². The third-order valence-electron chi connectivity index (χ3n) is 2.91. The van der Waals surface area contributed by atoms with Crippen LogP contribution in [0, 0.1) is 17.2 Å². The summed E-state index contributed by atoms with van der Waals surface area (Å²) in [7, 11) is 1.59. The quantitative estimate of drug-likeness (QED) is 0.820. The molecule has 0 radical (unpaired) electrons. The van der Waals surface area contributed by atoms with Gasteiger partial charge in [-0.05, 0) is 30.2 Å². The van der Waals surface area contributed by atoms with E-state index in [1.807, 2.05) is 12.1 Å². The molecule has 0 heterocycles. The van der Waals surface area contributed by atoms with Crippen LogP contribution in [0.3, 0.4) is 0 Å². The van der Waals surface area contributed by atoms with Crippen molar-refractivity contribution in [2.45, 2.75) is 26.8 Å². The van der Waals surface area contributed by atoms with Crippen LogP contribution in [-0.4, -0.2) is 13.7 Å². The van der Waals surface area contributed by atoms with Gasteiger partial charge in [0.2, 0.25) is 0 Å². The zero-order chi connectivity index (χ0) is 12.7. The van der Waals surface area contributed by atoms with E-state index in [4.69, 9.17) is 10.00 Å². The molecule has 0 fully saturated rings. The number of hydrogen-bond donors (Lipinski definition) is 1. The van der Waals surface area contributed by atoms with E-state index in [0.717, 1.165) is 18.7 Å². The van der Waals surface area contributed by atoms with Crippen LogP contribution in [0.1, 0.15) is 31.4 Å². The summed E-state index contributed by atoms with van der Waals surface area (Å²) in [5.74, 6) is 1.34. The lowest BCUT2D eigenvalue weighted by Gasteiger charge is -2.11. The highest BCUT2D eigenvalue weighted by molar-refractivity contribution is 5.45. The minimum atomic E-state index is 0.582. The maximum Gasteiger partial charge on any atom is 0.136 e. The molecule has 0 saturated heterocycles. The Kier molecular flexibility index (Phi) is 5.51. The van der Waals surface area contributed by atoms with Gasteiger partial charge in [0.05, 0.1) is 12.7 Å². The fourth-order valence-corrected chi connectivity index (χ4v) is 1.55. The third kappa shape index (κ3) is 4.08. The molecule has 0 amide bonds. The fourth-order valence-electron chi connectivity index (χ4n) is 1.55. The number of nitrogens with one attached hydrogen (secondary N) is 1. The lowest BCUT2D eigenvalue weighted by Crippen LogP contribution is -2.20. The lowest BCUT2D eigenvalue weighted by molar-refractivity contribution is 0.412. The summed E-state index contributed by atoms with van der Waals surface area (Å²) >= 11 is 0. The van der Waals surface area contributed by atoms with E-state index >= 15 is 0 Å². The fraction of sp³-hybridized carbons (Fsp3) is 0.500. The van der Waals surface area contributed by atoms with Crippen molar-refractivity contribution in [2.24, 2.45) is 5.92 Å². The molecule has 17 heavy (non-hydrogen) atoms. The number of benzene rings is 1. The van der Waals surface area contributed by atoms with Gasteiger partial charge in [-0.15, -0.1) is 0 Å². The van der Waals surface area contributed by atoms with Gasteiger partial charge in [-0.25, -0.2) is 0 Å². The Balaban J connectivity index is 2.58. The van der Waals surface area contributed by atoms with Gasteiger partial charge in [0.1, 0.15) is 11.8 Å². The molecular weight excluding hydrogens is 212 g/mol. The van der Waals surface area contributed by atoms with Gasteiger partial charge in [0.25, 0.3) is 0 Å². The van der Waals surface area contributed by atoms with Crippen LogP contribution in [0.2, 0.25) is 0 Å². The molecule has 3 nitrogen and oxygen atoms in total. The lowest BCUT2D eigenvalue weighted by atomic mass is 10.1. The monoisotopic (exact) mass is 232 g/mol. The van der Waals surface area contributed by atoms with Gasteiger partial charge in [0, 0.05) is 6.54 Å². The molecule has 1 rings (SSSR count). The van der Waals surface area contributed by atoms with Crippen LogP contribution >= 0.6 is 0 Å². The zero-order valence-corrected chi connectivity index (χ0v) is 10.8. The van der Waals surface area contributed by atoms with Gasteiger partial charge in [-0.3, -0.25) is 0 Å². The van der Waals surface area contributed by atoms with Crippen LogP contribution in [-0.2, 0) is 6.54 Å². The molecule has 0 aliphatic heterocycles. The highest BCUT2D eigenvalue weighted by atomic mass is 16.5. The molecule has 1 unspecified atom stereocenters. The molecule has 0 aliphatic carbocycles. The average molecular weight is 232 g/mol. The van der Waals surface area contributed by atoms with E-state index in [1.54, 1.807) is 13.2 Å². The zero-order valence-electron chi connectivity index (χ0n) is 10.8. The summed E-state index contributed by atoms with van der Waals surface area (Å²) in [6.45, 7) is 6.24. The first kappa shape index (κ1) is 13.5. The van der Waals surface area contributed by atoms with Gasteiger partial charge in [-0.2, -0.15) is 5.26 Å². The van der Waals surface area contributed by atoms with Crippen molar-refractivity contribution in [3.63, 3.8) is 0 Å². The minimum absolute atomic E-state index is 0.582. The SMILES string of the molecule is CCC(C)CNCc1ccc(C#N)c(OC)c1. The number of nitrogens with zero attached hydrogens (tertiary/aromatic N) is 1. The minimum Gasteiger partial charge on any atom is -0.495 e. The van der Waals surface area contributed by atoms with Crippen LogP contribution in [0.4, 0.5) is 0 Å². The Bertz CT molecular complexity index is 396. The van der Waals surface area contributed by atoms with E-state index in [0.29, 0.717) is 17.2 Å². The molecule has 1 atom stereocenters. The largest absolute Gasteiger partial charge is 0.495 e. The van der Waals surface area contributed by atoms with Crippen LogP contribution in [0.15, 0.2) is 18.2 Å². The predicted molar refractivity (Wildman–Crippen MR) is 68.9 cm³/mol. The molecule has 1 aromatic carbocycles. The Morgan fingerprint density at radius 2 is 2.24 bits per heavy atom. The first-order valence-corrected chi connectivity index (χ1v) is 5.99. The Hall–Kier alpha value is -1.53. The van der Waals surface area contributed by atoms with Crippen molar-refractivity contribution in [3.05, 3.63) is 29.3 Å². The maximum atomic E-state index is 8.88. The summed E-state index contributed by atoms with van der Waals surface area (Å²) in [6, 6.07) is 7.80. The second kappa shape index (κ2) is 6.93. The Labute approximate surface area is 103 Å². The van der Waals surface area contributed by atoms with E-state index < -0.39 is 0 Å². The van der Waals surface area contributed by atoms with Crippen molar-refractivity contribution in [2.75, 3.05) is 13.7 Å². The number of hydrogen-bond acceptors (Lipinski definition) is 3. The molecule has 0 saturated carbocycles. The van der Waals surface area contributed by atoms with Gasteiger partial charge in [0.15, 0.2) is 0 Å². The smallest absolute Gasteiger partial charge is 0.136 e. The molecule has 0 aliphatic rings. The number of ether oxygens (including phenoxy) is 1. The van der Waals surface area contributed by atoms with Crippen molar-refractivity contribution in [1.82, 2.24) is 5.32 Å². The van der Waals surface area contributed by atoms with Gasteiger partial charge < -0.3 is 10.1 Å². The Morgan fingerprint density at radius 1 is 1.47 bits per heavy atom. The number of nitriles is 1. The molecule has 0 spiro atoms. The van der Waals surface area contributed by atoms with Gasteiger partial charge >= 0.3 is 0 Å². The van der Waals surface area contributed by atoms with Crippen LogP contribution in [0.5, 0.6) is 5.75 Å². The van der Waals surface area contributed by atoms with Crippen LogP contribution < -0.4 is 10.1 Å². The first-order chi connectivity index (χ1) is 8.21. The highest BCUT2D eigenvalue weighted by Crippen LogP contribution is 2.19. The van der Waals surface area contributed by atoms with Gasteiger partial charge in [-0.1, -0.05) is 26.3 Å².